The van der Waals surface area contributed by atoms with Crippen LogP contribution in [0.2, 0.25) is 0 Å². The van der Waals surface area contributed by atoms with Gasteiger partial charge in [0, 0.05) is 10.5 Å². The number of nitrogens with two attached hydrogens (primary N) is 1. The van der Waals surface area contributed by atoms with Crippen molar-refractivity contribution in [2.75, 3.05) is 0 Å². The van der Waals surface area contributed by atoms with Gasteiger partial charge in [-0.2, -0.15) is 0 Å². The van der Waals surface area contributed by atoms with E-state index in [4.69, 9.17) is 5.73 Å². The van der Waals surface area contributed by atoms with Crippen LogP contribution in [-0.2, 0) is 0 Å². The van der Waals surface area contributed by atoms with Gasteiger partial charge in [0.05, 0.1) is 0 Å². The molecule has 0 amide bonds. The zero-order chi connectivity index (χ0) is 12.3. The smallest absolute Gasteiger partial charge is 0.0323 e. The highest BCUT2D eigenvalue weighted by Crippen LogP contribution is 2.37. The molecule has 2 heteroatoms. The number of halogens is 1. The van der Waals surface area contributed by atoms with E-state index in [9.17, 15) is 0 Å². The van der Waals surface area contributed by atoms with Crippen molar-refractivity contribution in [1.82, 2.24) is 0 Å². The maximum absolute atomic E-state index is 6.40. The molecular weight excluding hydrogens is 274 g/mol. The molecule has 2 rings (SSSR count). The Balaban J connectivity index is 1.99. The molecule has 1 aromatic carbocycles. The van der Waals surface area contributed by atoms with E-state index in [0.29, 0.717) is 5.92 Å². The summed E-state index contributed by atoms with van der Waals surface area (Å²) in [6.07, 6.45) is 6.66. The summed E-state index contributed by atoms with van der Waals surface area (Å²) in [5, 5.41) is 0. The van der Waals surface area contributed by atoms with Gasteiger partial charge in [-0.3, -0.25) is 0 Å². The number of hydrogen-bond acceptors (Lipinski definition) is 1. The topological polar surface area (TPSA) is 26.0 Å². The molecule has 1 atom stereocenters. The molecule has 1 aromatic rings. The van der Waals surface area contributed by atoms with Crippen molar-refractivity contribution in [1.29, 1.82) is 0 Å². The molecule has 1 fully saturated rings. The first-order valence-corrected chi connectivity index (χ1v) is 7.51. The number of benzene rings is 1. The van der Waals surface area contributed by atoms with E-state index in [2.05, 4.69) is 47.1 Å². The molecular formula is C15H22BrN. The molecule has 0 aliphatic heterocycles. The van der Waals surface area contributed by atoms with E-state index in [0.717, 1.165) is 10.4 Å². The second-order valence-corrected chi connectivity index (χ2v) is 6.19. The SMILES string of the molecule is CCC1CCC(C(N)c2cccc(Br)c2)CC1. The standard InChI is InChI=1S/C15H22BrN/c1-2-11-6-8-12(9-7-11)15(17)13-4-3-5-14(16)10-13/h3-5,10-12,15H,2,6-9,17H2,1H3. The Morgan fingerprint density at radius 1 is 1.29 bits per heavy atom. The van der Waals surface area contributed by atoms with Crippen LogP contribution in [0.3, 0.4) is 0 Å². The van der Waals surface area contributed by atoms with Crippen LogP contribution < -0.4 is 5.73 Å². The van der Waals surface area contributed by atoms with Gasteiger partial charge in [-0.1, -0.05) is 54.2 Å². The largest absolute Gasteiger partial charge is 0.324 e. The Kier molecular flexibility index (Phi) is 4.63. The van der Waals surface area contributed by atoms with Gasteiger partial charge in [0.2, 0.25) is 0 Å². The van der Waals surface area contributed by atoms with E-state index in [1.807, 2.05) is 0 Å². The van der Waals surface area contributed by atoms with Crippen LogP contribution >= 0.6 is 15.9 Å². The van der Waals surface area contributed by atoms with Gasteiger partial charge in [0.1, 0.15) is 0 Å². The number of hydrogen-bond donors (Lipinski definition) is 1. The maximum atomic E-state index is 6.40. The van der Waals surface area contributed by atoms with Crippen LogP contribution in [0.5, 0.6) is 0 Å². The summed E-state index contributed by atoms with van der Waals surface area (Å²) in [6.45, 7) is 2.30. The van der Waals surface area contributed by atoms with Gasteiger partial charge in [-0.25, -0.2) is 0 Å². The monoisotopic (exact) mass is 295 g/mol. The van der Waals surface area contributed by atoms with Gasteiger partial charge in [-0.05, 0) is 42.4 Å². The summed E-state index contributed by atoms with van der Waals surface area (Å²) < 4.78 is 1.13. The van der Waals surface area contributed by atoms with Crippen molar-refractivity contribution in [3.63, 3.8) is 0 Å². The minimum atomic E-state index is 0.213. The van der Waals surface area contributed by atoms with Crippen LogP contribution in [0.1, 0.15) is 50.6 Å². The lowest BCUT2D eigenvalue weighted by atomic mass is 9.76. The molecule has 17 heavy (non-hydrogen) atoms. The first kappa shape index (κ1) is 13.1. The zero-order valence-electron chi connectivity index (χ0n) is 10.5. The summed E-state index contributed by atoms with van der Waals surface area (Å²) in [5.41, 5.74) is 7.68. The fourth-order valence-electron chi connectivity index (χ4n) is 2.94. The quantitative estimate of drug-likeness (QED) is 0.862. The summed E-state index contributed by atoms with van der Waals surface area (Å²) in [4.78, 5) is 0. The molecule has 1 aliphatic carbocycles. The third-order valence-corrected chi connectivity index (χ3v) is 4.70. The highest BCUT2D eigenvalue weighted by atomic mass is 79.9. The lowest BCUT2D eigenvalue weighted by molar-refractivity contribution is 0.240. The van der Waals surface area contributed by atoms with E-state index in [-0.39, 0.29) is 6.04 Å². The van der Waals surface area contributed by atoms with Crippen LogP contribution in [0.4, 0.5) is 0 Å². The summed E-state index contributed by atoms with van der Waals surface area (Å²) in [7, 11) is 0. The highest BCUT2D eigenvalue weighted by molar-refractivity contribution is 9.10. The lowest BCUT2D eigenvalue weighted by Gasteiger charge is -2.32. The molecule has 1 saturated carbocycles. The Morgan fingerprint density at radius 2 is 2.00 bits per heavy atom. The second-order valence-electron chi connectivity index (χ2n) is 5.27. The van der Waals surface area contributed by atoms with Crippen molar-refractivity contribution < 1.29 is 0 Å². The predicted molar refractivity (Wildman–Crippen MR) is 76.8 cm³/mol. The molecule has 0 bridgehead atoms. The molecule has 0 heterocycles. The van der Waals surface area contributed by atoms with Crippen LogP contribution in [0, 0.1) is 11.8 Å². The molecule has 0 aromatic heterocycles. The Morgan fingerprint density at radius 3 is 2.59 bits per heavy atom. The molecule has 1 unspecified atom stereocenters. The third kappa shape index (κ3) is 3.32. The van der Waals surface area contributed by atoms with Gasteiger partial charge < -0.3 is 5.73 Å². The van der Waals surface area contributed by atoms with Crippen molar-refractivity contribution in [2.45, 2.75) is 45.1 Å². The number of rotatable bonds is 3. The molecule has 0 saturated heterocycles. The molecule has 0 radical (unpaired) electrons. The minimum Gasteiger partial charge on any atom is -0.324 e. The van der Waals surface area contributed by atoms with Crippen molar-refractivity contribution in [2.24, 2.45) is 17.6 Å². The molecule has 94 valence electrons. The highest BCUT2D eigenvalue weighted by Gasteiger charge is 2.25. The average molecular weight is 296 g/mol. The van der Waals surface area contributed by atoms with E-state index in [1.54, 1.807) is 0 Å². The van der Waals surface area contributed by atoms with Crippen LogP contribution in [-0.4, -0.2) is 0 Å². The van der Waals surface area contributed by atoms with Crippen molar-refractivity contribution >= 4 is 15.9 Å². The second kappa shape index (κ2) is 6.01. The first-order valence-electron chi connectivity index (χ1n) is 6.71. The predicted octanol–water partition coefficient (Wildman–Crippen LogP) is 4.67. The Labute approximate surface area is 113 Å². The fraction of sp³-hybridized carbons (Fsp3) is 0.600. The summed E-state index contributed by atoms with van der Waals surface area (Å²) in [6, 6.07) is 8.67. The van der Waals surface area contributed by atoms with Crippen molar-refractivity contribution in [3.05, 3.63) is 34.3 Å². The third-order valence-electron chi connectivity index (χ3n) is 4.21. The Bertz CT molecular complexity index is 356. The summed E-state index contributed by atoms with van der Waals surface area (Å²) >= 11 is 3.52. The normalized spacial score (nSPS) is 26.8. The van der Waals surface area contributed by atoms with E-state index < -0.39 is 0 Å². The van der Waals surface area contributed by atoms with E-state index in [1.165, 1.54) is 37.7 Å². The van der Waals surface area contributed by atoms with Crippen molar-refractivity contribution in [3.8, 4) is 0 Å². The first-order chi connectivity index (χ1) is 8.20. The van der Waals surface area contributed by atoms with Gasteiger partial charge in [-0.15, -0.1) is 0 Å². The van der Waals surface area contributed by atoms with Gasteiger partial charge >= 0.3 is 0 Å². The van der Waals surface area contributed by atoms with Crippen LogP contribution in [0.25, 0.3) is 0 Å². The molecule has 0 spiro atoms. The van der Waals surface area contributed by atoms with E-state index >= 15 is 0 Å². The lowest BCUT2D eigenvalue weighted by Crippen LogP contribution is -2.25. The molecule has 2 N–H and O–H groups in total. The van der Waals surface area contributed by atoms with Gasteiger partial charge in [0.25, 0.3) is 0 Å². The average Bonchev–Trinajstić information content (AvgIpc) is 2.38. The van der Waals surface area contributed by atoms with Crippen LogP contribution in [0.15, 0.2) is 28.7 Å². The Hall–Kier alpha value is -0.340. The summed E-state index contributed by atoms with van der Waals surface area (Å²) in [5.74, 6) is 1.62. The molecule has 1 nitrogen and oxygen atoms in total. The fourth-order valence-corrected chi connectivity index (χ4v) is 3.36. The maximum Gasteiger partial charge on any atom is 0.0323 e. The minimum absolute atomic E-state index is 0.213. The van der Waals surface area contributed by atoms with Gasteiger partial charge in [0.15, 0.2) is 0 Å². The molecule has 1 aliphatic rings. The zero-order valence-corrected chi connectivity index (χ0v) is 12.1.